The molecule has 2 N–H and O–H groups in total. The van der Waals surface area contributed by atoms with Crippen LogP contribution in [-0.4, -0.2) is 48.3 Å². The van der Waals surface area contributed by atoms with Gasteiger partial charge >= 0.3 is 6.03 Å². The molecule has 1 aromatic rings. The number of amides is 2. The Morgan fingerprint density at radius 3 is 2.82 bits per heavy atom. The lowest BCUT2D eigenvalue weighted by Crippen LogP contribution is -2.44. The maximum Gasteiger partial charge on any atom is 0.321 e. The van der Waals surface area contributed by atoms with E-state index in [2.05, 4.69) is 5.32 Å². The van der Waals surface area contributed by atoms with Gasteiger partial charge in [0.25, 0.3) is 0 Å². The first kappa shape index (κ1) is 16.5. The largest absolute Gasteiger partial charge is 0.391 e. The van der Waals surface area contributed by atoms with E-state index < -0.39 is 6.10 Å². The van der Waals surface area contributed by atoms with Gasteiger partial charge in [0.15, 0.2) is 0 Å². The lowest BCUT2D eigenvalue weighted by molar-refractivity contribution is 0.0883. The molecule has 0 saturated carbocycles. The number of hydrogen-bond donors (Lipinski definition) is 2. The molecular formula is C16H24FN3O2. The molecule has 0 aliphatic carbocycles. The van der Waals surface area contributed by atoms with Crippen molar-refractivity contribution < 1.29 is 14.3 Å². The fourth-order valence-electron chi connectivity index (χ4n) is 2.49. The summed E-state index contributed by atoms with van der Waals surface area (Å²) >= 11 is 0. The van der Waals surface area contributed by atoms with Crippen molar-refractivity contribution in [1.82, 2.24) is 4.90 Å². The van der Waals surface area contributed by atoms with Crippen molar-refractivity contribution >= 4 is 17.4 Å². The van der Waals surface area contributed by atoms with E-state index in [4.69, 9.17) is 0 Å². The van der Waals surface area contributed by atoms with E-state index in [0.717, 1.165) is 6.42 Å². The quantitative estimate of drug-likeness (QED) is 0.902. The van der Waals surface area contributed by atoms with Gasteiger partial charge in [0.05, 0.1) is 11.8 Å². The van der Waals surface area contributed by atoms with Crippen molar-refractivity contribution in [2.24, 2.45) is 0 Å². The zero-order chi connectivity index (χ0) is 16.3. The van der Waals surface area contributed by atoms with E-state index in [1.807, 2.05) is 25.8 Å². The van der Waals surface area contributed by atoms with Crippen LogP contribution < -0.4 is 10.2 Å². The summed E-state index contributed by atoms with van der Waals surface area (Å²) in [7, 11) is 1.83. The van der Waals surface area contributed by atoms with Gasteiger partial charge in [-0.25, -0.2) is 9.18 Å². The molecule has 1 aromatic carbocycles. The number of halogens is 1. The van der Waals surface area contributed by atoms with Gasteiger partial charge in [0.2, 0.25) is 0 Å². The van der Waals surface area contributed by atoms with Gasteiger partial charge in [0.1, 0.15) is 5.82 Å². The maximum absolute atomic E-state index is 14.2. The second kappa shape index (κ2) is 6.96. The van der Waals surface area contributed by atoms with Crippen LogP contribution in [0.1, 0.15) is 26.7 Å². The normalized spacial score (nSPS) is 18.5. The third kappa shape index (κ3) is 3.88. The number of nitrogens with one attached hydrogen (secondary N) is 1. The Bertz CT molecular complexity index is 536. The molecule has 1 atom stereocenters. The minimum absolute atomic E-state index is 0.185. The minimum atomic E-state index is -0.474. The van der Waals surface area contributed by atoms with Crippen LogP contribution in [-0.2, 0) is 0 Å². The van der Waals surface area contributed by atoms with E-state index in [1.54, 1.807) is 17.0 Å². The Morgan fingerprint density at radius 2 is 2.23 bits per heavy atom. The number of nitrogens with zero attached hydrogens (tertiary/aromatic N) is 2. The predicted molar refractivity (Wildman–Crippen MR) is 85.8 cm³/mol. The molecule has 1 heterocycles. The Kier molecular flexibility index (Phi) is 5.24. The number of urea groups is 1. The first-order chi connectivity index (χ1) is 10.4. The number of hydrogen-bond acceptors (Lipinski definition) is 3. The summed E-state index contributed by atoms with van der Waals surface area (Å²) in [6.45, 7) is 4.90. The average molecular weight is 309 g/mol. The summed E-state index contributed by atoms with van der Waals surface area (Å²) in [4.78, 5) is 15.5. The average Bonchev–Trinajstić information content (AvgIpc) is 2.46. The second-order valence-corrected chi connectivity index (χ2v) is 6.04. The summed E-state index contributed by atoms with van der Waals surface area (Å²) in [5.41, 5.74) is 0.921. The van der Waals surface area contributed by atoms with E-state index >= 15 is 0 Å². The molecule has 1 unspecified atom stereocenters. The highest BCUT2D eigenvalue weighted by atomic mass is 19.1. The first-order valence-corrected chi connectivity index (χ1v) is 7.65. The number of piperidine rings is 1. The lowest BCUT2D eigenvalue weighted by atomic mass is 10.1. The van der Waals surface area contributed by atoms with Gasteiger partial charge in [-0.15, -0.1) is 0 Å². The summed E-state index contributed by atoms with van der Waals surface area (Å²) in [6, 6.07) is 4.56. The Morgan fingerprint density at radius 1 is 1.50 bits per heavy atom. The van der Waals surface area contributed by atoms with Crippen molar-refractivity contribution in [3.63, 3.8) is 0 Å². The van der Waals surface area contributed by atoms with E-state index in [0.29, 0.717) is 30.9 Å². The van der Waals surface area contributed by atoms with Gasteiger partial charge in [-0.2, -0.15) is 0 Å². The Labute approximate surface area is 130 Å². The molecule has 5 nitrogen and oxygen atoms in total. The molecule has 122 valence electrons. The van der Waals surface area contributed by atoms with Crippen LogP contribution in [0.4, 0.5) is 20.6 Å². The number of carbonyl (C=O) groups excluding carboxylic acids is 1. The van der Waals surface area contributed by atoms with E-state index in [1.165, 1.54) is 6.07 Å². The predicted octanol–water partition coefficient (Wildman–Crippen LogP) is 2.66. The third-order valence-electron chi connectivity index (χ3n) is 4.04. The third-order valence-corrected chi connectivity index (χ3v) is 4.04. The number of benzene rings is 1. The standard InChI is InChI=1S/C16H24FN3O2/c1-11(2)19(3)15-7-6-12(9-14(15)17)18-16(22)20-8-4-5-13(21)10-20/h6-7,9,11,13,21H,4-5,8,10H2,1-3H3,(H,18,22). The molecule has 1 aliphatic heterocycles. The van der Waals surface area contributed by atoms with Gasteiger partial charge in [-0.3, -0.25) is 0 Å². The number of rotatable bonds is 3. The number of aliphatic hydroxyl groups is 1. The molecule has 1 saturated heterocycles. The van der Waals surface area contributed by atoms with E-state index in [-0.39, 0.29) is 17.9 Å². The number of anilines is 2. The fourth-order valence-corrected chi connectivity index (χ4v) is 2.49. The summed E-state index contributed by atoms with van der Waals surface area (Å²) in [6.07, 6.45) is 1.02. The topological polar surface area (TPSA) is 55.8 Å². The van der Waals surface area contributed by atoms with Gasteiger partial charge in [0, 0.05) is 31.9 Å². The summed E-state index contributed by atoms with van der Waals surface area (Å²) in [5.74, 6) is -0.368. The SMILES string of the molecule is CC(C)N(C)c1ccc(NC(=O)N2CCCC(O)C2)cc1F. The van der Waals surface area contributed by atoms with Gasteiger partial charge < -0.3 is 20.2 Å². The van der Waals surface area contributed by atoms with Gasteiger partial charge in [-0.1, -0.05) is 0 Å². The maximum atomic E-state index is 14.2. The van der Waals surface area contributed by atoms with Crippen molar-refractivity contribution in [1.29, 1.82) is 0 Å². The van der Waals surface area contributed by atoms with Crippen molar-refractivity contribution in [3.05, 3.63) is 24.0 Å². The first-order valence-electron chi connectivity index (χ1n) is 7.65. The molecule has 6 heteroatoms. The number of likely N-dealkylation sites (tertiary alicyclic amines) is 1. The highest BCUT2D eigenvalue weighted by molar-refractivity contribution is 5.89. The van der Waals surface area contributed by atoms with Crippen LogP contribution in [0.5, 0.6) is 0 Å². The number of aliphatic hydroxyl groups excluding tert-OH is 1. The number of β-amino-alcohol motifs (C(OH)–C–C–N with tert-alkyl or cyclic N) is 1. The molecule has 2 rings (SSSR count). The van der Waals surface area contributed by atoms with Crippen LogP contribution in [0.25, 0.3) is 0 Å². The van der Waals surface area contributed by atoms with Crippen LogP contribution in [0.3, 0.4) is 0 Å². The smallest absolute Gasteiger partial charge is 0.321 e. The molecule has 1 aliphatic rings. The van der Waals surface area contributed by atoms with Crippen molar-refractivity contribution in [2.45, 2.75) is 38.8 Å². The molecule has 2 amide bonds. The zero-order valence-corrected chi connectivity index (χ0v) is 13.3. The molecular weight excluding hydrogens is 285 g/mol. The van der Waals surface area contributed by atoms with Crippen LogP contribution in [0.2, 0.25) is 0 Å². The number of carbonyl (C=O) groups is 1. The molecule has 0 radical (unpaired) electrons. The van der Waals surface area contributed by atoms with Crippen molar-refractivity contribution in [2.75, 3.05) is 30.4 Å². The van der Waals surface area contributed by atoms with Crippen LogP contribution in [0.15, 0.2) is 18.2 Å². The van der Waals surface area contributed by atoms with E-state index in [9.17, 15) is 14.3 Å². The summed E-state index contributed by atoms with van der Waals surface area (Å²) < 4.78 is 14.2. The molecule has 0 spiro atoms. The molecule has 22 heavy (non-hydrogen) atoms. The highest BCUT2D eigenvalue weighted by Gasteiger charge is 2.22. The zero-order valence-electron chi connectivity index (χ0n) is 13.3. The summed E-state index contributed by atoms with van der Waals surface area (Å²) in [5, 5.41) is 12.3. The lowest BCUT2D eigenvalue weighted by Gasteiger charge is -2.30. The van der Waals surface area contributed by atoms with Crippen LogP contribution >= 0.6 is 0 Å². The second-order valence-electron chi connectivity index (χ2n) is 6.04. The van der Waals surface area contributed by atoms with Gasteiger partial charge in [-0.05, 0) is 44.9 Å². The minimum Gasteiger partial charge on any atom is -0.391 e. The Hall–Kier alpha value is -1.82. The molecule has 0 aromatic heterocycles. The fraction of sp³-hybridized carbons (Fsp3) is 0.562. The highest BCUT2D eigenvalue weighted by Crippen LogP contribution is 2.24. The molecule has 1 fully saturated rings. The monoisotopic (exact) mass is 309 g/mol. The molecule has 0 bridgehead atoms. The van der Waals surface area contributed by atoms with Crippen molar-refractivity contribution in [3.8, 4) is 0 Å². The Balaban J connectivity index is 2.04. The van der Waals surface area contributed by atoms with Crippen LogP contribution in [0, 0.1) is 5.82 Å².